The van der Waals surface area contributed by atoms with Gasteiger partial charge in [0.15, 0.2) is 0 Å². The highest BCUT2D eigenvalue weighted by atomic mass is 32.2. The summed E-state index contributed by atoms with van der Waals surface area (Å²) in [5, 5.41) is 2.92. The van der Waals surface area contributed by atoms with Gasteiger partial charge in [0.2, 0.25) is 10.0 Å². The molecule has 0 atom stereocenters. The maximum atomic E-state index is 12.0. The van der Waals surface area contributed by atoms with Crippen LogP contribution in [-0.4, -0.2) is 33.0 Å². The van der Waals surface area contributed by atoms with Crippen molar-refractivity contribution in [2.75, 3.05) is 13.6 Å². The lowest BCUT2D eigenvalue weighted by atomic mass is 10.4. The Balaban J connectivity index is 2.95. The Morgan fingerprint density at radius 1 is 1.44 bits per heavy atom. The second kappa shape index (κ2) is 6.26. The van der Waals surface area contributed by atoms with Crippen LogP contribution in [0.4, 0.5) is 8.78 Å². The van der Waals surface area contributed by atoms with E-state index in [4.69, 9.17) is 0 Å². The number of aromatic nitrogens is 1. The molecule has 1 rings (SSSR count). The van der Waals surface area contributed by atoms with Crippen LogP contribution in [0.2, 0.25) is 0 Å². The first-order valence-electron chi connectivity index (χ1n) is 5.52. The van der Waals surface area contributed by atoms with E-state index in [1.165, 1.54) is 12.3 Å². The molecule has 0 aliphatic rings. The van der Waals surface area contributed by atoms with Gasteiger partial charge in [-0.2, -0.15) is 0 Å². The van der Waals surface area contributed by atoms with E-state index >= 15 is 0 Å². The van der Waals surface area contributed by atoms with E-state index < -0.39 is 23.0 Å². The van der Waals surface area contributed by atoms with Crippen molar-refractivity contribution in [1.82, 2.24) is 14.6 Å². The van der Waals surface area contributed by atoms with Crippen molar-refractivity contribution in [2.24, 2.45) is 0 Å². The number of alkyl halides is 2. The number of rotatable bonds is 7. The fourth-order valence-corrected chi connectivity index (χ4v) is 2.62. The Morgan fingerprint density at radius 3 is 2.61 bits per heavy atom. The van der Waals surface area contributed by atoms with Crippen LogP contribution >= 0.6 is 0 Å². The fraction of sp³-hybridized carbons (Fsp3) is 0.600. The van der Waals surface area contributed by atoms with E-state index in [9.17, 15) is 17.2 Å². The molecular formula is C10H17F2N3O2S. The van der Waals surface area contributed by atoms with Crippen LogP contribution in [0.1, 0.15) is 12.6 Å². The zero-order chi connectivity index (χ0) is 13.8. The van der Waals surface area contributed by atoms with Gasteiger partial charge in [-0.3, -0.25) is 0 Å². The molecule has 0 spiro atoms. The van der Waals surface area contributed by atoms with Crippen molar-refractivity contribution in [3.05, 3.63) is 18.0 Å². The zero-order valence-electron chi connectivity index (χ0n) is 10.3. The quantitative estimate of drug-likeness (QED) is 0.776. The monoisotopic (exact) mass is 281 g/mol. The lowest BCUT2D eigenvalue weighted by Gasteiger charge is -2.04. The van der Waals surface area contributed by atoms with Gasteiger partial charge in [-0.05, 0) is 20.0 Å². The second-order valence-electron chi connectivity index (χ2n) is 3.73. The standard InChI is InChI=1S/C10H17F2N3O2S/c1-3-15-7-9(4-8(15)5-13-2)18(16,17)14-6-10(11)12/h4,7,10,13-14H,3,5-6H2,1-2H3. The van der Waals surface area contributed by atoms with Gasteiger partial charge < -0.3 is 9.88 Å². The number of sulfonamides is 1. The molecule has 5 nitrogen and oxygen atoms in total. The van der Waals surface area contributed by atoms with Gasteiger partial charge in [0.25, 0.3) is 6.43 Å². The molecule has 0 saturated carbocycles. The third-order valence-corrected chi connectivity index (χ3v) is 3.79. The fourth-order valence-electron chi connectivity index (χ4n) is 1.55. The Morgan fingerprint density at radius 2 is 2.11 bits per heavy atom. The molecule has 2 N–H and O–H groups in total. The molecule has 1 aromatic heterocycles. The van der Waals surface area contributed by atoms with E-state index in [0.29, 0.717) is 13.1 Å². The average Bonchev–Trinajstić information content (AvgIpc) is 2.71. The smallest absolute Gasteiger partial charge is 0.251 e. The first kappa shape index (κ1) is 15.1. The van der Waals surface area contributed by atoms with Crippen molar-refractivity contribution in [3.63, 3.8) is 0 Å². The molecule has 0 radical (unpaired) electrons. The molecule has 0 bridgehead atoms. The van der Waals surface area contributed by atoms with Gasteiger partial charge in [0, 0.05) is 25.0 Å². The van der Waals surface area contributed by atoms with Crippen LogP contribution in [-0.2, 0) is 23.1 Å². The molecule has 0 aliphatic carbocycles. The number of nitrogens with one attached hydrogen (secondary N) is 2. The number of aryl methyl sites for hydroxylation is 1. The van der Waals surface area contributed by atoms with Gasteiger partial charge in [-0.1, -0.05) is 0 Å². The molecule has 1 heterocycles. The lowest BCUT2D eigenvalue weighted by molar-refractivity contribution is 0.153. The van der Waals surface area contributed by atoms with E-state index in [-0.39, 0.29) is 4.90 Å². The number of halogens is 2. The Bertz CT molecular complexity index is 485. The molecule has 0 aromatic carbocycles. The topological polar surface area (TPSA) is 63.1 Å². The van der Waals surface area contributed by atoms with Crippen molar-refractivity contribution in [2.45, 2.75) is 31.3 Å². The molecule has 0 amide bonds. The predicted octanol–water partition coefficient (Wildman–Crippen LogP) is 0.771. The normalized spacial score (nSPS) is 12.3. The van der Waals surface area contributed by atoms with Crippen LogP contribution in [0.5, 0.6) is 0 Å². The van der Waals surface area contributed by atoms with Crippen LogP contribution in [0.25, 0.3) is 0 Å². The SMILES string of the molecule is CCn1cc(S(=O)(=O)NCC(F)F)cc1CNC. The van der Waals surface area contributed by atoms with Crippen molar-refractivity contribution in [3.8, 4) is 0 Å². The number of nitrogens with zero attached hydrogens (tertiary/aromatic N) is 1. The molecule has 1 aromatic rings. The molecule has 0 fully saturated rings. The largest absolute Gasteiger partial charge is 0.349 e. The molecule has 18 heavy (non-hydrogen) atoms. The summed E-state index contributed by atoms with van der Waals surface area (Å²) in [6.45, 7) is 2.13. The lowest BCUT2D eigenvalue weighted by Crippen LogP contribution is -2.28. The summed E-state index contributed by atoms with van der Waals surface area (Å²) < 4.78 is 51.1. The van der Waals surface area contributed by atoms with Gasteiger partial charge in [0.05, 0.1) is 11.4 Å². The third-order valence-electron chi connectivity index (χ3n) is 2.40. The van der Waals surface area contributed by atoms with E-state index in [1.54, 1.807) is 11.6 Å². The minimum absolute atomic E-state index is 0.00949. The summed E-state index contributed by atoms with van der Waals surface area (Å²) in [4.78, 5) is 0.00949. The summed E-state index contributed by atoms with van der Waals surface area (Å²) in [5.41, 5.74) is 0.789. The van der Waals surface area contributed by atoms with Crippen LogP contribution in [0, 0.1) is 0 Å². The first-order chi connectivity index (χ1) is 8.40. The van der Waals surface area contributed by atoms with E-state index in [1.807, 2.05) is 11.6 Å². The van der Waals surface area contributed by atoms with Gasteiger partial charge in [-0.25, -0.2) is 21.9 Å². The molecule has 104 valence electrons. The molecule has 8 heteroatoms. The Kier molecular flexibility index (Phi) is 5.24. The summed E-state index contributed by atoms with van der Waals surface area (Å²) in [6.07, 6.45) is -1.26. The van der Waals surface area contributed by atoms with Crippen molar-refractivity contribution >= 4 is 10.0 Å². The highest BCUT2D eigenvalue weighted by molar-refractivity contribution is 7.89. The highest BCUT2D eigenvalue weighted by Gasteiger charge is 2.19. The van der Waals surface area contributed by atoms with E-state index in [2.05, 4.69) is 5.32 Å². The third kappa shape index (κ3) is 3.76. The summed E-state index contributed by atoms with van der Waals surface area (Å²) in [6, 6.07) is 1.48. The average molecular weight is 281 g/mol. The van der Waals surface area contributed by atoms with Crippen LogP contribution in [0.3, 0.4) is 0 Å². The Hall–Kier alpha value is -0.990. The summed E-state index contributed by atoms with van der Waals surface area (Å²) >= 11 is 0. The van der Waals surface area contributed by atoms with Gasteiger partial charge in [-0.15, -0.1) is 0 Å². The maximum Gasteiger partial charge on any atom is 0.251 e. The van der Waals surface area contributed by atoms with Gasteiger partial charge >= 0.3 is 0 Å². The molecule has 0 aliphatic heterocycles. The summed E-state index contributed by atoms with van der Waals surface area (Å²) in [7, 11) is -2.12. The highest BCUT2D eigenvalue weighted by Crippen LogP contribution is 2.14. The zero-order valence-corrected chi connectivity index (χ0v) is 11.1. The minimum atomic E-state index is -3.86. The van der Waals surface area contributed by atoms with Crippen LogP contribution < -0.4 is 10.0 Å². The maximum absolute atomic E-state index is 12.0. The predicted molar refractivity (Wildman–Crippen MR) is 64.1 cm³/mol. The second-order valence-corrected chi connectivity index (χ2v) is 5.49. The van der Waals surface area contributed by atoms with E-state index in [0.717, 1.165) is 5.69 Å². The molecular weight excluding hydrogens is 264 g/mol. The number of hydrogen-bond donors (Lipinski definition) is 2. The minimum Gasteiger partial charge on any atom is -0.349 e. The van der Waals surface area contributed by atoms with Crippen molar-refractivity contribution < 1.29 is 17.2 Å². The van der Waals surface area contributed by atoms with Crippen molar-refractivity contribution in [1.29, 1.82) is 0 Å². The first-order valence-corrected chi connectivity index (χ1v) is 7.00. The molecule has 0 saturated heterocycles. The van der Waals surface area contributed by atoms with Crippen LogP contribution in [0.15, 0.2) is 17.2 Å². The number of hydrogen-bond acceptors (Lipinski definition) is 3. The molecule has 0 unspecified atom stereocenters. The Labute approximate surface area is 105 Å². The van der Waals surface area contributed by atoms with Gasteiger partial charge in [0.1, 0.15) is 0 Å². The summed E-state index contributed by atoms with van der Waals surface area (Å²) in [5.74, 6) is 0.